The maximum Gasteiger partial charge on any atom is 0.342 e. The Morgan fingerprint density at radius 2 is 2.05 bits per heavy atom. The molecule has 0 spiro atoms. The van der Waals surface area contributed by atoms with Crippen LogP contribution in [0.5, 0.6) is 0 Å². The average Bonchev–Trinajstić information content (AvgIpc) is 2.44. The van der Waals surface area contributed by atoms with Gasteiger partial charge < -0.3 is 10.4 Å². The van der Waals surface area contributed by atoms with E-state index in [4.69, 9.17) is 5.11 Å². The van der Waals surface area contributed by atoms with E-state index >= 15 is 0 Å². The molecule has 0 radical (unpaired) electrons. The van der Waals surface area contributed by atoms with E-state index in [0.29, 0.717) is 12.2 Å². The summed E-state index contributed by atoms with van der Waals surface area (Å²) < 4.78 is 0.939. The number of nitro groups is 1. The normalized spacial score (nSPS) is 10.1. The van der Waals surface area contributed by atoms with Gasteiger partial charge in [0.2, 0.25) is 0 Å². The lowest BCUT2D eigenvalue weighted by atomic mass is 10.1. The van der Waals surface area contributed by atoms with Crippen molar-refractivity contribution in [1.29, 1.82) is 0 Å². The van der Waals surface area contributed by atoms with Crippen molar-refractivity contribution in [2.24, 2.45) is 0 Å². The summed E-state index contributed by atoms with van der Waals surface area (Å²) in [6.45, 7) is 0.475. The minimum absolute atomic E-state index is 0.326. The predicted molar refractivity (Wildman–Crippen MR) is 81.5 cm³/mol. The van der Waals surface area contributed by atoms with Crippen molar-refractivity contribution >= 4 is 33.3 Å². The fourth-order valence-corrected chi connectivity index (χ4v) is 2.27. The van der Waals surface area contributed by atoms with E-state index in [1.165, 1.54) is 18.2 Å². The number of carbonyl (C=O) groups is 1. The van der Waals surface area contributed by atoms with Crippen molar-refractivity contribution in [3.8, 4) is 0 Å². The first-order chi connectivity index (χ1) is 9.97. The van der Waals surface area contributed by atoms with Gasteiger partial charge in [-0.1, -0.05) is 28.1 Å². The van der Waals surface area contributed by atoms with Gasteiger partial charge in [-0.05, 0) is 29.8 Å². The second-order valence-electron chi connectivity index (χ2n) is 4.28. The third-order valence-corrected chi connectivity index (χ3v) is 3.30. The Balaban J connectivity index is 2.19. The van der Waals surface area contributed by atoms with Crippen LogP contribution in [0, 0.1) is 10.1 Å². The van der Waals surface area contributed by atoms with Crippen LogP contribution in [0.1, 0.15) is 15.9 Å². The second-order valence-corrected chi connectivity index (χ2v) is 5.19. The van der Waals surface area contributed by atoms with Gasteiger partial charge in [0.1, 0.15) is 5.56 Å². The van der Waals surface area contributed by atoms with E-state index in [1.54, 1.807) is 0 Å². The molecular formula is C14H11BrN2O4. The Bertz CT molecular complexity index is 703. The summed E-state index contributed by atoms with van der Waals surface area (Å²) in [6, 6.07) is 11.6. The highest BCUT2D eigenvalue weighted by Crippen LogP contribution is 2.24. The molecule has 7 heteroatoms. The summed E-state index contributed by atoms with van der Waals surface area (Å²) in [5.41, 5.74) is 0.732. The van der Waals surface area contributed by atoms with Gasteiger partial charge in [0.15, 0.2) is 0 Å². The molecule has 2 rings (SSSR count). The average molecular weight is 351 g/mol. The molecule has 0 saturated carbocycles. The molecule has 0 heterocycles. The Morgan fingerprint density at radius 3 is 2.67 bits per heavy atom. The first kappa shape index (κ1) is 15.0. The molecule has 0 aromatic heterocycles. The Labute approximate surface area is 128 Å². The van der Waals surface area contributed by atoms with Gasteiger partial charge in [0.25, 0.3) is 5.69 Å². The summed E-state index contributed by atoms with van der Waals surface area (Å²) in [5, 5.41) is 22.9. The SMILES string of the molecule is O=C(O)c1ccc(NCc2cccc(Br)c2)cc1[N+](=O)[O-]. The summed E-state index contributed by atoms with van der Waals surface area (Å²) in [5.74, 6) is -1.32. The number of nitro benzene ring substituents is 1. The van der Waals surface area contributed by atoms with Crippen molar-refractivity contribution in [1.82, 2.24) is 0 Å². The highest BCUT2D eigenvalue weighted by Gasteiger charge is 2.19. The molecule has 2 aromatic rings. The van der Waals surface area contributed by atoms with Crippen LogP contribution in [-0.4, -0.2) is 16.0 Å². The van der Waals surface area contributed by atoms with E-state index in [-0.39, 0.29) is 5.56 Å². The number of carboxylic acid groups (broad SMARTS) is 1. The van der Waals surface area contributed by atoms with Crippen molar-refractivity contribution in [2.75, 3.05) is 5.32 Å². The monoisotopic (exact) mass is 350 g/mol. The van der Waals surface area contributed by atoms with Crippen molar-refractivity contribution < 1.29 is 14.8 Å². The van der Waals surface area contributed by atoms with E-state index in [9.17, 15) is 14.9 Å². The number of halogens is 1. The molecule has 0 amide bonds. The number of nitrogens with one attached hydrogen (secondary N) is 1. The van der Waals surface area contributed by atoms with Crippen LogP contribution in [0.2, 0.25) is 0 Å². The number of hydrogen-bond acceptors (Lipinski definition) is 4. The van der Waals surface area contributed by atoms with Crippen LogP contribution in [0.25, 0.3) is 0 Å². The molecule has 108 valence electrons. The number of anilines is 1. The zero-order valence-corrected chi connectivity index (χ0v) is 12.3. The van der Waals surface area contributed by atoms with Crippen LogP contribution in [0.4, 0.5) is 11.4 Å². The molecule has 0 atom stereocenters. The van der Waals surface area contributed by atoms with Gasteiger partial charge in [-0.2, -0.15) is 0 Å². The van der Waals surface area contributed by atoms with Crippen LogP contribution < -0.4 is 5.32 Å². The first-order valence-corrected chi connectivity index (χ1v) is 6.76. The quantitative estimate of drug-likeness (QED) is 0.633. The number of benzene rings is 2. The summed E-state index contributed by atoms with van der Waals surface area (Å²) in [4.78, 5) is 21.1. The topological polar surface area (TPSA) is 92.5 Å². The summed E-state index contributed by atoms with van der Waals surface area (Å²) in [6.07, 6.45) is 0. The van der Waals surface area contributed by atoms with Gasteiger partial charge in [-0.25, -0.2) is 4.79 Å². The minimum Gasteiger partial charge on any atom is -0.477 e. The van der Waals surface area contributed by atoms with Crippen molar-refractivity contribution in [3.63, 3.8) is 0 Å². The van der Waals surface area contributed by atoms with Crippen LogP contribution in [-0.2, 0) is 6.54 Å². The number of rotatable bonds is 5. The number of carboxylic acids is 1. The molecule has 2 aromatic carbocycles. The van der Waals surface area contributed by atoms with Crippen LogP contribution in [0.3, 0.4) is 0 Å². The van der Waals surface area contributed by atoms with Crippen molar-refractivity contribution in [2.45, 2.75) is 6.54 Å². The molecule has 0 unspecified atom stereocenters. The largest absolute Gasteiger partial charge is 0.477 e. The summed E-state index contributed by atoms with van der Waals surface area (Å²) >= 11 is 3.36. The molecule has 0 aliphatic rings. The van der Waals surface area contributed by atoms with E-state index in [0.717, 1.165) is 10.0 Å². The maximum absolute atomic E-state index is 10.9. The molecule has 0 fully saturated rings. The molecule has 2 N–H and O–H groups in total. The lowest BCUT2D eigenvalue weighted by Crippen LogP contribution is -2.05. The number of aromatic carboxylic acids is 1. The molecule has 21 heavy (non-hydrogen) atoms. The van der Waals surface area contributed by atoms with Gasteiger partial charge in [0, 0.05) is 22.8 Å². The molecule has 0 bridgehead atoms. The fraction of sp³-hybridized carbons (Fsp3) is 0.0714. The summed E-state index contributed by atoms with van der Waals surface area (Å²) in [7, 11) is 0. The molecule has 0 aliphatic heterocycles. The molecule has 6 nitrogen and oxygen atoms in total. The Kier molecular flexibility index (Phi) is 4.54. The van der Waals surface area contributed by atoms with E-state index in [1.807, 2.05) is 24.3 Å². The van der Waals surface area contributed by atoms with Crippen molar-refractivity contribution in [3.05, 3.63) is 68.2 Å². The number of nitrogens with zero attached hydrogens (tertiary/aromatic N) is 1. The van der Waals surface area contributed by atoms with E-state index in [2.05, 4.69) is 21.2 Å². The predicted octanol–water partition coefficient (Wildman–Crippen LogP) is 3.67. The lowest BCUT2D eigenvalue weighted by Gasteiger charge is -2.08. The molecule has 0 aliphatic carbocycles. The third-order valence-electron chi connectivity index (χ3n) is 2.81. The standard InChI is InChI=1S/C14H11BrN2O4/c15-10-3-1-2-9(6-10)8-16-11-4-5-12(14(18)19)13(7-11)17(20)21/h1-7,16H,8H2,(H,18,19). The highest BCUT2D eigenvalue weighted by atomic mass is 79.9. The molecular weight excluding hydrogens is 340 g/mol. The zero-order chi connectivity index (χ0) is 15.4. The fourth-order valence-electron chi connectivity index (χ4n) is 1.82. The zero-order valence-electron chi connectivity index (χ0n) is 10.7. The molecule has 0 saturated heterocycles. The first-order valence-electron chi connectivity index (χ1n) is 5.97. The van der Waals surface area contributed by atoms with Gasteiger partial charge in [-0.15, -0.1) is 0 Å². The van der Waals surface area contributed by atoms with Crippen LogP contribution >= 0.6 is 15.9 Å². The second kappa shape index (κ2) is 6.36. The Morgan fingerprint density at radius 1 is 1.29 bits per heavy atom. The van der Waals surface area contributed by atoms with Crippen LogP contribution in [0.15, 0.2) is 46.9 Å². The maximum atomic E-state index is 10.9. The number of hydrogen-bond donors (Lipinski definition) is 2. The van der Waals surface area contributed by atoms with E-state index < -0.39 is 16.6 Å². The highest BCUT2D eigenvalue weighted by molar-refractivity contribution is 9.10. The lowest BCUT2D eigenvalue weighted by molar-refractivity contribution is -0.385. The smallest absolute Gasteiger partial charge is 0.342 e. The van der Waals surface area contributed by atoms with Gasteiger partial charge in [0.05, 0.1) is 4.92 Å². The van der Waals surface area contributed by atoms with Gasteiger partial charge >= 0.3 is 5.97 Å². The Hall–Kier alpha value is -2.41. The van der Waals surface area contributed by atoms with Gasteiger partial charge in [-0.3, -0.25) is 10.1 Å². The third kappa shape index (κ3) is 3.79. The minimum atomic E-state index is -1.32.